The van der Waals surface area contributed by atoms with Crippen LogP contribution >= 0.6 is 0 Å². The molecule has 0 saturated carbocycles. The molecule has 0 spiro atoms. The summed E-state index contributed by atoms with van der Waals surface area (Å²) in [7, 11) is 0. The Morgan fingerprint density at radius 2 is 0.593 bits per heavy atom. The molecule has 1 aliphatic heterocycles. The largest absolute Gasteiger partial charge is 0.311 e. The number of hydrogen-bond acceptors (Lipinski definition) is 6. The molecule has 0 fully saturated rings. The van der Waals surface area contributed by atoms with Gasteiger partial charge in [0, 0.05) is 81.2 Å². The number of aromatic nitrogens is 2. The topological polar surface area (TPSA) is 57.0 Å². The highest BCUT2D eigenvalue weighted by molar-refractivity contribution is 6.22. The third kappa shape index (κ3) is 6.44. The van der Waals surface area contributed by atoms with E-state index in [1.54, 1.807) is 12.4 Å². The smallest absolute Gasteiger partial charge is 0.0819 e. The maximum absolute atomic E-state index is 5.34. The van der Waals surface area contributed by atoms with Gasteiger partial charge in [-0.05, 0) is 84.9 Å². The van der Waals surface area contributed by atoms with Gasteiger partial charge in [-0.3, -0.25) is 9.97 Å². The molecule has 9 rings (SSSR count). The summed E-state index contributed by atoms with van der Waals surface area (Å²) < 4.78 is 0. The van der Waals surface area contributed by atoms with Crippen molar-refractivity contribution in [3.8, 4) is 0 Å². The maximum Gasteiger partial charge on any atom is 0.0819 e. The van der Waals surface area contributed by atoms with Crippen molar-refractivity contribution in [2.24, 2.45) is 9.98 Å². The number of nitrogens with zero attached hydrogens (tertiary/aromatic N) is 6. The maximum atomic E-state index is 5.34. The molecule has 0 radical (unpaired) electrons. The van der Waals surface area contributed by atoms with Crippen LogP contribution in [0.4, 0.5) is 45.5 Å². The molecule has 0 amide bonds. The quantitative estimate of drug-likeness (QED) is 0.159. The van der Waals surface area contributed by atoms with Crippen LogP contribution in [0.15, 0.2) is 217 Å². The zero-order valence-electron chi connectivity index (χ0n) is 29.3. The van der Waals surface area contributed by atoms with Crippen LogP contribution in [0.25, 0.3) is 0 Å². The summed E-state index contributed by atoms with van der Waals surface area (Å²) in [6.07, 6.45) is 7.28. The van der Waals surface area contributed by atoms with E-state index in [9.17, 15) is 0 Å². The Hall–Kier alpha value is -7.44. The molecule has 0 bridgehead atoms. The molecule has 6 nitrogen and oxygen atoms in total. The van der Waals surface area contributed by atoms with E-state index in [0.29, 0.717) is 0 Å². The van der Waals surface area contributed by atoms with Crippen molar-refractivity contribution in [2.75, 3.05) is 9.80 Å². The summed E-state index contributed by atoms with van der Waals surface area (Å²) in [5.41, 5.74) is 13.2. The third-order valence-corrected chi connectivity index (χ3v) is 9.43. The Bertz CT molecular complexity index is 2310. The second-order valence-electron chi connectivity index (χ2n) is 12.8. The molecule has 54 heavy (non-hydrogen) atoms. The van der Waals surface area contributed by atoms with E-state index in [0.717, 1.165) is 79.2 Å². The summed E-state index contributed by atoms with van der Waals surface area (Å²) in [6, 6.07) is 62.6. The highest BCUT2D eigenvalue weighted by atomic mass is 15.1. The van der Waals surface area contributed by atoms with Crippen LogP contribution in [-0.2, 0) is 0 Å². The van der Waals surface area contributed by atoms with E-state index in [2.05, 4.69) is 165 Å². The second kappa shape index (κ2) is 14.7. The minimum atomic E-state index is 0.784. The first-order valence-corrected chi connectivity index (χ1v) is 17.9. The molecule has 2 aromatic heterocycles. The number of pyridine rings is 2. The zero-order chi connectivity index (χ0) is 36.1. The average Bonchev–Trinajstić information content (AvgIpc) is 3.24. The molecule has 6 heteroatoms. The molecule has 0 unspecified atom stereocenters. The molecule has 1 aliphatic rings. The number of benzene rings is 6. The van der Waals surface area contributed by atoms with Crippen LogP contribution in [0.5, 0.6) is 0 Å². The molecular weight excluding hydrogens is 661 g/mol. The number of rotatable bonds is 8. The molecule has 0 aliphatic carbocycles. The van der Waals surface area contributed by atoms with Crippen molar-refractivity contribution in [1.82, 2.24) is 9.97 Å². The van der Waals surface area contributed by atoms with E-state index >= 15 is 0 Å². The highest BCUT2D eigenvalue weighted by Crippen LogP contribution is 2.38. The van der Waals surface area contributed by atoms with Gasteiger partial charge in [-0.25, -0.2) is 9.98 Å². The van der Waals surface area contributed by atoms with Gasteiger partial charge in [0.05, 0.1) is 22.8 Å². The van der Waals surface area contributed by atoms with Crippen LogP contribution < -0.4 is 9.80 Å². The van der Waals surface area contributed by atoms with Gasteiger partial charge < -0.3 is 9.80 Å². The van der Waals surface area contributed by atoms with Crippen molar-refractivity contribution < 1.29 is 0 Å². The zero-order valence-corrected chi connectivity index (χ0v) is 29.3. The summed E-state index contributed by atoms with van der Waals surface area (Å²) in [5.74, 6) is 0. The fourth-order valence-electron chi connectivity index (χ4n) is 6.88. The van der Waals surface area contributed by atoms with E-state index in [1.807, 2.05) is 48.8 Å². The van der Waals surface area contributed by atoms with Gasteiger partial charge in [-0.1, -0.05) is 97.1 Å². The van der Waals surface area contributed by atoms with Crippen molar-refractivity contribution >= 4 is 56.9 Å². The number of para-hydroxylation sites is 4. The van der Waals surface area contributed by atoms with Crippen LogP contribution in [0, 0.1) is 0 Å². The van der Waals surface area contributed by atoms with Crippen molar-refractivity contribution in [3.05, 3.63) is 229 Å². The lowest BCUT2D eigenvalue weighted by molar-refractivity contribution is 1.26. The monoisotopic (exact) mass is 694 g/mol. The van der Waals surface area contributed by atoms with Gasteiger partial charge in [0.2, 0.25) is 0 Å². The Labute approximate surface area is 314 Å². The molecular formula is C48H34N6. The number of anilines is 6. The van der Waals surface area contributed by atoms with E-state index in [1.165, 1.54) is 0 Å². The van der Waals surface area contributed by atoms with Gasteiger partial charge in [-0.2, -0.15) is 0 Å². The van der Waals surface area contributed by atoms with Gasteiger partial charge in [0.15, 0.2) is 0 Å². The predicted molar refractivity (Wildman–Crippen MR) is 221 cm³/mol. The first kappa shape index (κ1) is 32.5. The minimum absolute atomic E-state index is 0.784. The molecule has 3 heterocycles. The standard InChI is InChI=1S/C48H34N6/c1-5-13-37(14-6-1)53(38-15-7-2-8-16-38)41-25-21-35(22-26-41)47-43-33-49-31-29-45(43)52-48(44-34-50-32-30-46(44)51-47)36-23-27-42(28-24-36)54(39-17-9-3-10-18-39)40-19-11-4-12-20-40/h1-34H. The van der Waals surface area contributed by atoms with Crippen LogP contribution in [0.1, 0.15) is 22.3 Å². The van der Waals surface area contributed by atoms with Gasteiger partial charge in [0.25, 0.3) is 0 Å². The van der Waals surface area contributed by atoms with E-state index in [-0.39, 0.29) is 0 Å². The Balaban J connectivity index is 1.11. The second-order valence-corrected chi connectivity index (χ2v) is 12.8. The number of hydrogen-bond donors (Lipinski definition) is 0. The molecule has 0 N–H and O–H groups in total. The predicted octanol–water partition coefficient (Wildman–Crippen LogP) is 12.1. The Morgan fingerprint density at radius 3 is 0.907 bits per heavy atom. The summed E-state index contributed by atoms with van der Waals surface area (Å²) in [6.45, 7) is 0. The minimum Gasteiger partial charge on any atom is -0.311 e. The van der Waals surface area contributed by atoms with Crippen molar-refractivity contribution in [3.63, 3.8) is 0 Å². The van der Waals surface area contributed by atoms with Crippen LogP contribution in [-0.4, -0.2) is 21.4 Å². The molecule has 0 saturated heterocycles. The van der Waals surface area contributed by atoms with E-state index in [4.69, 9.17) is 9.98 Å². The number of fused-ring (bicyclic) bond motifs is 2. The fraction of sp³-hybridized carbons (Fsp3) is 0. The van der Waals surface area contributed by atoms with Crippen molar-refractivity contribution in [1.29, 1.82) is 0 Å². The fourth-order valence-corrected chi connectivity index (χ4v) is 6.88. The molecule has 6 aromatic carbocycles. The van der Waals surface area contributed by atoms with Gasteiger partial charge in [-0.15, -0.1) is 0 Å². The average molecular weight is 695 g/mol. The normalized spacial score (nSPS) is 11.9. The lowest BCUT2D eigenvalue weighted by Crippen LogP contribution is -2.13. The van der Waals surface area contributed by atoms with Crippen LogP contribution in [0.2, 0.25) is 0 Å². The summed E-state index contributed by atoms with van der Waals surface area (Å²) in [5, 5.41) is 0. The Kier molecular flexibility index (Phi) is 8.81. The Morgan fingerprint density at radius 1 is 0.296 bits per heavy atom. The SMILES string of the molecule is c1ccc(N(c2ccccc2)c2ccc(C3=Nc4ccncc4C(c4ccc(N(c5ccccc5)c5ccccc5)cc4)=Nc4ccncc43)cc2)cc1. The lowest BCUT2D eigenvalue weighted by Gasteiger charge is -2.26. The molecule has 0 atom stereocenters. The third-order valence-electron chi connectivity index (χ3n) is 9.43. The van der Waals surface area contributed by atoms with Crippen LogP contribution in [0.3, 0.4) is 0 Å². The molecule has 256 valence electrons. The lowest BCUT2D eigenvalue weighted by atomic mass is 9.97. The first-order chi connectivity index (χ1) is 26.8. The highest BCUT2D eigenvalue weighted by Gasteiger charge is 2.22. The first-order valence-electron chi connectivity index (χ1n) is 17.9. The van der Waals surface area contributed by atoms with E-state index < -0.39 is 0 Å². The van der Waals surface area contributed by atoms with Crippen molar-refractivity contribution in [2.45, 2.75) is 0 Å². The molecule has 8 aromatic rings. The van der Waals surface area contributed by atoms with Gasteiger partial charge in [0.1, 0.15) is 0 Å². The van der Waals surface area contributed by atoms with Gasteiger partial charge >= 0.3 is 0 Å². The summed E-state index contributed by atoms with van der Waals surface area (Å²) >= 11 is 0. The summed E-state index contributed by atoms with van der Waals surface area (Å²) in [4.78, 5) is 24.2. The number of aliphatic imine (C=N–C) groups is 2.